The van der Waals surface area contributed by atoms with Crippen molar-refractivity contribution < 1.29 is 27.8 Å². The number of hydrogen-bond acceptors (Lipinski definition) is 4. The van der Waals surface area contributed by atoms with Crippen LogP contribution in [0.5, 0.6) is 11.6 Å². The van der Waals surface area contributed by atoms with Gasteiger partial charge >= 0.3 is 6.18 Å². The quantitative estimate of drug-likeness (QED) is 0.615. The Morgan fingerprint density at radius 2 is 1.70 bits per heavy atom. The lowest BCUT2D eigenvalue weighted by Crippen LogP contribution is -2.33. The number of pyridine rings is 1. The summed E-state index contributed by atoms with van der Waals surface area (Å²) in [5.74, 6) is 0.0794. The first-order valence-corrected chi connectivity index (χ1v) is 9.12. The largest absolute Gasteiger partial charge is 0.439 e. The van der Waals surface area contributed by atoms with Crippen LogP contribution in [0, 0.1) is 0 Å². The van der Waals surface area contributed by atoms with E-state index in [1.807, 2.05) is 30.3 Å². The number of aliphatic hydroxyl groups is 1. The molecule has 8 heteroatoms. The Morgan fingerprint density at radius 3 is 2.27 bits per heavy atom. The van der Waals surface area contributed by atoms with Crippen molar-refractivity contribution in [3.8, 4) is 11.6 Å². The minimum Gasteiger partial charge on any atom is -0.439 e. The molecule has 0 fully saturated rings. The molecule has 0 aliphatic rings. The van der Waals surface area contributed by atoms with Crippen molar-refractivity contribution in [2.45, 2.75) is 12.7 Å². The summed E-state index contributed by atoms with van der Waals surface area (Å²) in [6.07, 6.45) is -3.77. The van der Waals surface area contributed by atoms with Crippen molar-refractivity contribution in [1.82, 2.24) is 9.88 Å². The summed E-state index contributed by atoms with van der Waals surface area (Å²) in [4.78, 5) is 18.0. The Kier molecular flexibility index (Phi) is 6.68. The molecule has 0 aliphatic carbocycles. The number of amides is 1. The zero-order valence-electron chi connectivity index (χ0n) is 15.8. The second kappa shape index (κ2) is 9.41. The van der Waals surface area contributed by atoms with Crippen LogP contribution < -0.4 is 4.74 Å². The van der Waals surface area contributed by atoms with Crippen LogP contribution in [0.25, 0.3) is 0 Å². The lowest BCUT2D eigenvalue weighted by atomic mass is 10.1. The molecular formula is C22H19F3N2O3. The predicted octanol–water partition coefficient (Wildman–Crippen LogP) is 4.53. The summed E-state index contributed by atoms with van der Waals surface area (Å²) in [6, 6.07) is 17.6. The van der Waals surface area contributed by atoms with E-state index < -0.39 is 11.7 Å². The Balaban J connectivity index is 1.68. The molecule has 0 aliphatic heterocycles. The predicted molar refractivity (Wildman–Crippen MR) is 104 cm³/mol. The van der Waals surface area contributed by atoms with Crippen LogP contribution in [0.2, 0.25) is 0 Å². The third-order valence-electron chi connectivity index (χ3n) is 4.26. The molecule has 2 aromatic carbocycles. The van der Waals surface area contributed by atoms with E-state index in [9.17, 15) is 23.1 Å². The Morgan fingerprint density at radius 1 is 1.00 bits per heavy atom. The highest BCUT2D eigenvalue weighted by molar-refractivity contribution is 5.94. The minimum atomic E-state index is -4.46. The molecule has 0 saturated heterocycles. The van der Waals surface area contributed by atoms with Gasteiger partial charge in [0.2, 0.25) is 5.88 Å². The molecule has 0 saturated carbocycles. The summed E-state index contributed by atoms with van der Waals surface area (Å²) >= 11 is 0. The molecule has 1 heterocycles. The van der Waals surface area contributed by atoms with E-state index in [1.165, 1.54) is 17.0 Å². The Hall–Kier alpha value is -3.39. The molecule has 3 rings (SSSR count). The van der Waals surface area contributed by atoms with E-state index in [-0.39, 0.29) is 24.9 Å². The van der Waals surface area contributed by atoms with Crippen LogP contribution in [0.3, 0.4) is 0 Å². The standard InChI is InChI=1S/C22H19F3N2O3/c23-22(24,25)18-8-11-20(26-14-18)30-19-9-6-17(7-10-19)21(29)27(12-13-28)15-16-4-2-1-3-5-16/h1-11,14,28H,12-13,15H2. The van der Waals surface area contributed by atoms with Crippen molar-refractivity contribution in [3.63, 3.8) is 0 Å². The molecule has 3 aromatic rings. The number of aromatic nitrogens is 1. The van der Waals surface area contributed by atoms with E-state index in [1.54, 1.807) is 12.1 Å². The SMILES string of the molecule is O=C(c1ccc(Oc2ccc(C(F)(F)F)cn2)cc1)N(CCO)Cc1ccccc1. The lowest BCUT2D eigenvalue weighted by molar-refractivity contribution is -0.137. The highest BCUT2D eigenvalue weighted by atomic mass is 19.4. The first-order chi connectivity index (χ1) is 14.4. The van der Waals surface area contributed by atoms with Gasteiger partial charge in [-0.1, -0.05) is 30.3 Å². The maximum atomic E-state index is 12.8. The van der Waals surface area contributed by atoms with Crippen molar-refractivity contribution in [2.24, 2.45) is 0 Å². The second-order valence-corrected chi connectivity index (χ2v) is 6.45. The zero-order valence-corrected chi connectivity index (χ0v) is 15.8. The highest BCUT2D eigenvalue weighted by Gasteiger charge is 2.30. The summed E-state index contributed by atoms with van der Waals surface area (Å²) in [7, 11) is 0. The van der Waals surface area contributed by atoms with Gasteiger partial charge in [-0.2, -0.15) is 13.2 Å². The van der Waals surface area contributed by atoms with Gasteiger partial charge in [0.05, 0.1) is 12.2 Å². The van der Waals surface area contributed by atoms with E-state index in [4.69, 9.17) is 4.74 Å². The number of rotatable bonds is 7. The molecule has 0 spiro atoms. The minimum absolute atomic E-state index is 0.00746. The number of ether oxygens (including phenoxy) is 1. The van der Waals surface area contributed by atoms with Gasteiger partial charge in [0, 0.05) is 30.9 Å². The van der Waals surface area contributed by atoms with E-state index >= 15 is 0 Å². The van der Waals surface area contributed by atoms with Crippen molar-refractivity contribution in [1.29, 1.82) is 0 Å². The maximum Gasteiger partial charge on any atom is 0.417 e. The van der Waals surface area contributed by atoms with Crippen LogP contribution in [-0.4, -0.2) is 34.0 Å². The summed E-state index contributed by atoms with van der Waals surface area (Å²) < 4.78 is 43.2. The Bertz CT molecular complexity index is 960. The average Bonchev–Trinajstić information content (AvgIpc) is 2.74. The molecule has 1 aromatic heterocycles. The van der Waals surface area contributed by atoms with Gasteiger partial charge in [0.15, 0.2) is 0 Å². The van der Waals surface area contributed by atoms with E-state index in [2.05, 4.69) is 4.98 Å². The molecule has 1 N–H and O–H groups in total. The normalized spacial score (nSPS) is 11.2. The van der Waals surface area contributed by atoms with Gasteiger partial charge in [0.1, 0.15) is 5.75 Å². The Labute approximate surface area is 171 Å². The first kappa shape index (κ1) is 21.3. The monoisotopic (exact) mass is 416 g/mol. The van der Waals surface area contributed by atoms with Gasteiger partial charge in [-0.25, -0.2) is 4.98 Å². The van der Waals surface area contributed by atoms with Crippen LogP contribution in [0.4, 0.5) is 13.2 Å². The molecule has 5 nitrogen and oxygen atoms in total. The van der Waals surface area contributed by atoms with Crippen molar-refractivity contribution in [3.05, 3.63) is 89.6 Å². The number of hydrogen-bond donors (Lipinski definition) is 1. The summed E-state index contributed by atoms with van der Waals surface area (Å²) in [5.41, 5.74) is 0.470. The number of aliphatic hydroxyl groups excluding tert-OH is 1. The van der Waals surface area contributed by atoms with Gasteiger partial charge < -0.3 is 14.7 Å². The summed E-state index contributed by atoms with van der Waals surface area (Å²) in [6.45, 7) is 0.370. The van der Waals surface area contributed by atoms with Crippen LogP contribution in [0.1, 0.15) is 21.5 Å². The third-order valence-corrected chi connectivity index (χ3v) is 4.26. The summed E-state index contributed by atoms with van der Waals surface area (Å²) in [5, 5.41) is 9.30. The van der Waals surface area contributed by atoms with Crippen LogP contribution in [0.15, 0.2) is 72.9 Å². The number of nitrogens with zero attached hydrogens (tertiary/aromatic N) is 2. The lowest BCUT2D eigenvalue weighted by Gasteiger charge is -2.22. The van der Waals surface area contributed by atoms with Crippen molar-refractivity contribution in [2.75, 3.05) is 13.2 Å². The molecule has 30 heavy (non-hydrogen) atoms. The number of halogens is 3. The molecule has 1 amide bonds. The van der Waals surface area contributed by atoms with Gasteiger partial charge in [-0.15, -0.1) is 0 Å². The van der Waals surface area contributed by atoms with Crippen LogP contribution in [-0.2, 0) is 12.7 Å². The molecule has 156 valence electrons. The zero-order chi connectivity index (χ0) is 21.6. The second-order valence-electron chi connectivity index (χ2n) is 6.45. The molecular weight excluding hydrogens is 397 g/mol. The molecule has 0 radical (unpaired) electrons. The fourth-order valence-electron chi connectivity index (χ4n) is 2.75. The van der Waals surface area contributed by atoms with Gasteiger partial charge in [-0.05, 0) is 35.9 Å². The maximum absolute atomic E-state index is 12.8. The number of benzene rings is 2. The molecule has 0 atom stereocenters. The van der Waals surface area contributed by atoms with Gasteiger partial charge in [-0.3, -0.25) is 4.79 Å². The molecule has 0 unspecified atom stereocenters. The molecule has 0 bridgehead atoms. The third kappa shape index (κ3) is 5.57. The number of alkyl halides is 3. The van der Waals surface area contributed by atoms with Gasteiger partial charge in [0.25, 0.3) is 5.91 Å². The van der Waals surface area contributed by atoms with Crippen LogP contribution >= 0.6 is 0 Å². The first-order valence-electron chi connectivity index (χ1n) is 9.12. The number of carbonyl (C=O) groups is 1. The number of carbonyl (C=O) groups excluding carboxylic acids is 1. The van der Waals surface area contributed by atoms with E-state index in [0.29, 0.717) is 24.1 Å². The highest BCUT2D eigenvalue weighted by Crippen LogP contribution is 2.30. The average molecular weight is 416 g/mol. The smallest absolute Gasteiger partial charge is 0.417 e. The topological polar surface area (TPSA) is 62.7 Å². The van der Waals surface area contributed by atoms with E-state index in [0.717, 1.165) is 17.7 Å². The fraction of sp³-hybridized carbons (Fsp3) is 0.182. The fourth-order valence-corrected chi connectivity index (χ4v) is 2.75. The van der Waals surface area contributed by atoms with Crippen molar-refractivity contribution >= 4 is 5.91 Å².